The molecule has 0 fully saturated rings. The van der Waals surface area contributed by atoms with Gasteiger partial charge in [-0.25, -0.2) is 0 Å². The molecule has 0 saturated carbocycles. The van der Waals surface area contributed by atoms with Crippen LogP contribution in [0.2, 0.25) is 0 Å². The van der Waals surface area contributed by atoms with Crippen molar-refractivity contribution in [3.8, 4) is 0 Å². The molecule has 0 spiro atoms. The Labute approximate surface area is 97.9 Å². The average Bonchev–Trinajstić information content (AvgIpc) is 2.13. The second-order valence-electron chi connectivity index (χ2n) is 5.22. The average molecular weight is 229 g/mol. The van der Waals surface area contributed by atoms with Crippen molar-refractivity contribution < 1.29 is 4.79 Å². The second kappa shape index (κ2) is 5.16. The Kier molecular flexibility index (Phi) is 4.39. The van der Waals surface area contributed by atoms with Crippen LogP contribution in [0.15, 0.2) is 12.2 Å². The van der Waals surface area contributed by atoms with Gasteiger partial charge in [0.1, 0.15) is 5.78 Å². The highest BCUT2D eigenvalue weighted by atomic mass is 35.5. The monoisotopic (exact) mass is 228 g/mol. The van der Waals surface area contributed by atoms with Gasteiger partial charge in [0, 0.05) is 18.2 Å². The fourth-order valence-electron chi connectivity index (χ4n) is 2.66. The number of Topliss-reactive ketones (excluding diaryl/α,β-unsaturated/α-hetero) is 1. The minimum Gasteiger partial charge on any atom is -0.299 e. The van der Waals surface area contributed by atoms with Crippen LogP contribution in [0.4, 0.5) is 0 Å². The van der Waals surface area contributed by atoms with Gasteiger partial charge in [0.05, 0.1) is 0 Å². The molecule has 0 radical (unpaired) electrons. The predicted octanol–water partition coefficient (Wildman–Crippen LogP) is 3.81. The fourth-order valence-corrected chi connectivity index (χ4v) is 2.80. The molecule has 0 bridgehead atoms. The van der Waals surface area contributed by atoms with Crippen molar-refractivity contribution in [2.45, 2.75) is 40.0 Å². The van der Waals surface area contributed by atoms with Crippen LogP contribution in [0.5, 0.6) is 0 Å². The maximum Gasteiger partial charge on any atom is 0.137 e. The van der Waals surface area contributed by atoms with Crippen molar-refractivity contribution in [1.82, 2.24) is 0 Å². The van der Waals surface area contributed by atoms with E-state index in [9.17, 15) is 4.79 Å². The van der Waals surface area contributed by atoms with E-state index in [-0.39, 0.29) is 11.3 Å². The Bertz CT molecular complexity index is 255. The standard InChI is InChI=1S/C13H21ClO/c1-10-6-4-8-13(2,3)12(10)11(15)7-5-9-14/h4,6,10,12H,5,7-9H2,1-3H3. The lowest BCUT2D eigenvalue weighted by Crippen LogP contribution is -2.37. The fraction of sp³-hybridized carbons (Fsp3) is 0.769. The van der Waals surface area contributed by atoms with Crippen LogP contribution in [0.3, 0.4) is 0 Å². The highest BCUT2D eigenvalue weighted by Crippen LogP contribution is 2.41. The van der Waals surface area contributed by atoms with Crippen LogP contribution in [0.25, 0.3) is 0 Å². The first-order valence-electron chi connectivity index (χ1n) is 5.74. The molecular formula is C13H21ClO. The number of rotatable bonds is 4. The lowest BCUT2D eigenvalue weighted by molar-refractivity contribution is -0.128. The number of alkyl halides is 1. The Morgan fingerprint density at radius 3 is 2.73 bits per heavy atom. The van der Waals surface area contributed by atoms with E-state index in [1.165, 1.54) is 0 Å². The van der Waals surface area contributed by atoms with Gasteiger partial charge >= 0.3 is 0 Å². The van der Waals surface area contributed by atoms with Gasteiger partial charge in [-0.15, -0.1) is 11.6 Å². The van der Waals surface area contributed by atoms with E-state index >= 15 is 0 Å². The van der Waals surface area contributed by atoms with Gasteiger partial charge in [0.25, 0.3) is 0 Å². The van der Waals surface area contributed by atoms with Crippen LogP contribution in [-0.4, -0.2) is 11.7 Å². The lowest BCUT2D eigenvalue weighted by Gasteiger charge is -2.38. The predicted molar refractivity (Wildman–Crippen MR) is 65.2 cm³/mol. The minimum absolute atomic E-state index is 0.109. The van der Waals surface area contributed by atoms with E-state index in [2.05, 4.69) is 32.9 Å². The van der Waals surface area contributed by atoms with Crippen molar-refractivity contribution in [3.63, 3.8) is 0 Å². The smallest absolute Gasteiger partial charge is 0.137 e. The lowest BCUT2D eigenvalue weighted by atomic mass is 9.65. The molecule has 1 aliphatic rings. The van der Waals surface area contributed by atoms with E-state index in [0.29, 0.717) is 24.0 Å². The highest BCUT2D eigenvalue weighted by molar-refractivity contribution is 6.17. The quantitative estimate of drug-likeness (QED) is 0.528. The van der Waals surface area contributed by atoms with E-state index in [1.54, 1.807) is 0 Å². The van der Waals surface area contributed by atoms with Gasteiger partial charge in [-0.1, -0.05) is 32.9 Å². The van der Waals surface area contributed by atoms with Crippen LogP contribution in [0, 0.1) is 17.3 Å². The van der Waals surface area contributed by atoms with Gasteiger partial charge in [0.2, 0.25) is 0 Å². The highest BCUT2D eigenvalue weighted by Gasteiger charge is 2.38. The number of hydrogen-bond donors (Lipinski definition) is 0. The van der Waals surface area contributed by atoms with Crippen molar-refractivity contribution in [2.24, 2.45) is 17.3 Å². The summed E-state index contributed by atoms with van der Waals surface area (Å²) in [6.07, 6.45) is 6.83. The SMILES string of the molecule is CC1C=CCC(C)(C)C1C(=O)CCCCl. The summed E-state index contributed by atoms with van der Waals surface area (Å²) in [5.41, 5.74) is 0.109. The molecule has 0 N–H and O–H groups in total. The molecule has 1 aliphatic carbocycles. The van der Waals surface area contributed by atoms with E-state index in [1.807, 2.05) is 0 Å². The molecule has 0 amide bonds. The summed E-state index contributed by atoms with van der Waals surface area (Å²) in [4.78, 5) is 12.1. The number of halogens is 1. The third-order valence-corrected chi connectivity index (χ3v) is 3.62. The molecule has 2 atom stereocenters. The van der Waals surface area contributed by atoms with Gasteiger partial charge in [0.15, 0.2) is 0 Å². The van der Waals surface area contributed by atoms with Crippen molar-refractivity contribution in [2.75, 3.05) is 5.88 Å². The number of ketones is 1. The number of carbonyl (C=O) groups excluding carboxylic acids is 1. The van der Waals surface area contributed by atoms with E-state index in [4.69, 9.17) is 11.6 Å². The van der Waals surface area contributed by atoms with Crippen LogP contribution < -0.4 is 0 Å². The molecule has 0 aromatic heterocycles. The summed E-state index contributed by atoms with van der Waals surface area (Å²) < 4.78 is 0. The summed E-state index contributed by atoms with van der Waals surface area (Å²) in [7, 11) is 0. The molecule has 86 valence electrons. The van der Waals surface area contributed by atoms with Crippen LogP contribution >= 0.6 is 11.6 Å². The first-order valence-corrected chi connectivity index (χ1v) is 6.28. The number of hydrogen-bond acceptors (Lipinski definition) is 1. The maximum atomic E-state index is 12.1. The number of allylic oxidation sites excluding steroid dienone is 2. The first kappa shape index (κ1) is 12.8. The zero-order valence-electron chi connectivity index (χ0n) is 9.92. The molecule has 2 unspecified atom stereocenters. The zero-order valence-corrected chi connectivity index (χ0v) is 10.7. The van der Waals surface area contributed by atoms with Crippen molar-refractivity contribution >= 4 is 17.4 Å². The Morgan fingerprint density at radius 1 is 1.53 bits per heavy atom. The zero-order chi connectivity index (χ0) is 11.5. The summed E-state index contributed by atoms with van der Waals surface area (Å²) in [5, 5.41) is 0. The maximum absolute atomic E-state index is 12.1. The van der Waals surface area contributed by atoms with E-state index in [0.717, 1.165) is 12.8 Å². The van der Waals surface area contributed by atoms with E-state index < -0.39 is 0 Å². The second-order valence-corrected chi connectivity index (χ2v) is 5.59. The largest absolute Gasteiger partial charge is 0.299 e. The Morgan fingerprint density at radius 2 is 2.20 bits per heavy atom. The summed E-state index contributed by atoms with van der Waals surface area (Å²) in [6.45, 7) is 6.52. The van der Waals surface area contributed by atoms with Crippen LogP contribution in [-0.2, 0) is 4.79 Å². The molecule has 1 rings (SSSR count). The van der Waals surface area contributed by atoms with Gasteiger partial charge < -0.3 is 0 Å². The van der Waals surface area contributed by atoms with Crippen LogP contribution in [0.1, 0.15) is 40.0 Å². The molecule has 0 heterocycles. The molecule has 0 saturated heterocycles. The molecule has 0 aliphatic heterocycles. The normalized spacial score (nSPS) is 29.1. The Balaban J connectivity index is 2.72. The van der Waals surface area contributed by atoms with Gasteiger partial charge in [-0.2, -0.15) is 0 Å². The summed E-state index contributed by atoms with van der Waals surface area (Å²) in [5.74, 6) is 1.52. The van der Waals surface area contributed by atoms with Crippen molar-refractivity contribution in [3.05, 3.63) is 12.2 Å². The Hall–Kier alpha value is -0.300. The molecule has 15 heavy (non-hydrogen) atoms. The topological polar surface area (TPSA) is 17.1 Å². The van der Waals surface area contributed by atoms with Gasteiger partial charge in [-0.05, 0) is 24.2 Å². The first-order chi connectivity index (χ1) is 6.99. The molecular weight excluding hydrogens is 208 g/mol. The van der Waals surface area contributed by atoms with Crippen molar-refractivity contribution in [1.29, 1.82) is 0 Å². The number of carbonyl (C=O) groups is 1. The summed E-state index contributed by atoms with van der Waals surface area (Å²) >= 11 is 5.63. The van der Waals surface area contributed by atoms with Gasteiger partial charge in [-0.3, -0.25) is 4.79 Å². The minimum atomic E-state index is 0.109. The molecule has 1 nitrogen and oxygen atoms in total. The molecule has 0 aromatic carbocycles. The molecule has 0 aromatic rings. The third kappa shape index (κ3) is 3.07. The molecule has 2 heteroatoms. The summed E-state index contributed by atoms with van der Waals surface area (Å²) in [6, 6.07) is 0. The third-order valence-electron chi connectivity index (χ3n) is 3.35.